The molecule has 2 aromatic rings. The molecular weight excluding hydrogens is 270 g/mol. The predicted molar refractivity (Wildman–Crippen MR) is 80.8 cm³/mol. The third kappa shape index (κ3) is 2.94. The molecule has 0 saturated carbocycles. The lowest BCUT2D eigenvalue weighted by Crippen LogP contribution is -2.38. The molecule has 1 N–H and O–H groups in total. The second-order valence-corrected chi connectivity index (χ2v) is 5.10. The summed E-state index contributed by atoms with van der Waals surface area (Å²) in [4.78, 5) is 35.7. The second kappa shape index (κ2) is 5.40. The lowest BCUT2D eigenvalue weighted by Gasteiger charge is -2.11. The Bertz CT molecular complexity index is 811. The molecule has 110 valence electrons. The maximum Gasteiger partial charge on any atom is 0.332 e. The third-order valence-corrected chi connectivity index (χ3v) is 3.25. The lowest BCUT2D eigenvalue weighted by molar-refractivity contribution is 0.102. The number of carbonyl (C=O) groups is 1. The van der Waals surface area contributed by atoms with E-state index in [1.807, 2.05) is 19.9 Å². The van der Waals surface area contributed by atoms with Crippen LogP contribution in [0.25, 0.3) is 0 Å². The van der Waals surface area contributed by atoms with Crippen LogP contribution in [-0.2, 0) is 14.1 Å². The van der Waals surface area contributed by atoms with Crippen molar-refractivity contribution in [3.05, 3.63) is 61.8 Å². The molecule has 2 rings (SSSR count). The highest BCUT2D eigenvalue weighted by Crippen LogP contribution is 2.11. The largest absolute Gasteiger partial charge is 0.332 e. The van der Waals surface area contributed by atoms with Crippen LogP contribution in [0.15, 0.2) is 33.9 Å². The van der Waals surface area contributed by atoms with Crippen LogP contribution in [0.4, 0.5) is 5.82 Å². The average molecular weight is 287 g/mol. The molecule has 0 radical (unpaired) electrons. The first kappa shape index (κ1) is 14.8. The van der Waals surface area contributed by atoms with Gasteiger partial charge in [0.15, 0.2) is 0 Å². The number of hydrogen-bond donors (Lipinski definition) is 1. The highest BCUT2D eigenvalue weighted by Gasteiger charge is 2.11. The molecule has 21 heavy (non-hydrogen) atoms. The molecule has 1 aromatic carbocycles. The molecule has 1 aromatic heterocycles. The highest BCUT2D eigenvalue weighted by molar-refractivity contribution is 6.04. The van der Waals surface area contributed by atoms with Gasteiger partial charge in [0.2, 0.25) is 0 Å². The Morgan fingerprint density at radius 3 is 2.10 bits per heavy atom. The molecule has 0 saturated heterocycles. The lowest BCUT2D eigenvalue weighted by atomic mass is 10.1. The van der Waals surface area contributed by atoms with Gasteiger partial charge in [0, 0.05) is 25.7 Å². The summed E-state index contributed by atoms with van der Waals surface area (Å²) in [7, 11) is 2.89. The van der Waals surface area contributed by atoms with Crippen LogP contribution in [0, 0.1) is 13.8 Å². The Morgan fingerprint density at radius 1 is 0.952 bits per heavy atom. The number of aromatic nitrogens is 2. The first-order valence-corrected chi connectivity index (χ1v) is 6.46. The smallest absolute Gasteiger partial charge is 0.308 e. The van der Waals surface area contributed by atoms with Crippen molar-refractivity contribution in [3.63, 3.8) is 0 Å². The number of rotatable bonds is 2. The summed E-state index contributed by atoms with van der Waals surface area (Å²) in [6, 6.07) is 6.69. The maximum absolute atomic E-state index is 12.2. The van der Waals surface area contributed by atoms with Crippen LogP contribution >= 0.6 is 0 Å². The fourth-order valence-corrected chi connectivity index (χ4v) is 2.15. The van der Waals surface area contributed by atoms with Crippen molar-refractivity contribution in [1.82, 2.24) is 9.13 Å². The van der Waals surface area contributed by atoms with E-state index in [-0.39, 0.29) is 11.7 Å². The molecule has 6 nitrogen and oxygen atoms in total. The molecule has 0 aliphatic heterocycles. The van der Waals surface area contributed by atoms with Gasteiger partial charge in [-0.25, -0.2) is 4.79 Å². The van der Waals surface area contributed by atoms with E-state index in [2.05, 4.69) is 5.32 Å². The van der Waals surface area contributed by atoms with Gasteiger partial charge in [0.25, 0.3) is 11.5 Å². The van der Waals surface area contributed by atoms with Crippen LogP contribution in [-0.4, -0.2) is 15.0 Å². The predicted octanol–water partition coefficient (Wildman–Crippen LogP) is 0.953. The van der Waals surface area contributed by atoms with Gasteiger partial charge < -0.3 is 5.32 Å². The van der Waals surface area contributed by atoms with E-state index < -0.39 is 11.2 Å². The van der Waals surface area contributed by atoms with Crippen molar-refractivity contribution < 1.29 is 4.79 Å². The zero-order chi connectivity index (χ0) is 15.7. The number of hydrogen-bond acceptors (Lipinski definition) is 3. The molecule has 1 heterocycles. The van der Waals surface area contributed by atoms with Crippen LogP contribution in [0.3, 0.4) is 0 Å². The number of nitrogens with zero attached hydrogens (tertiary/aromatic N) is 2. The molecular formula is C15H17N3O3. The van der Waals surface area contributed by atoms with E-state index in [1.54, 1.807) is 12.1 Å². The number of amides is 1. The molecule has 0 bridgehead atoms. The van der Waals surface area contributed by atoms with Crippen molar-refractivity contribution in [2.24, 2.45) is 14.1 Å². The standard InChI is InChI=1S/C15H17N3O3/c1-9-5-10(2)7-11(6-9)14(20)16-12-8-13(19)18(4)15(21)17(12)3/h5-8H,1-4H3,(H,16,20). The minimum absolute atomic E-state index is 0.173. The number of nitrogens with one attached hydrogen (secondary N) is 1. The minimum Gasteiger partial charge on any atom is -0.308 e. The number of carbonyl (C=O) groups excluding carboxylic acids is 1. The molecule has 6 heteroatoms. The first-order valence-electron chi connectivity index (χ1n) is 6.46. The molecule has 0 aliphatic carbocycles. The quantitative estimate of drug-likeness (QED) is 0.894. The van der Waals surface area contributed by atoms with E-state index in [1.165, 1.54) is 24.7 Å². The van der Waals surface area contributed by atoms with Crippen LogP contribution in [0.2, 0.25) is 0 Å². The number of aryl methyl sites for hydroxylation is 2. The summed E-state index contributed by atoms with van der Waals surface area (Å²) in [5, 5.41) is 2.60. The number of benzene rings is 1. The Morgan fingerprint density at radius 2 is 1.52 bits per heavy atom. The van der Waals surface area contributed by atoms with Crippen molar-refractivity contribution in [2.75, 3.05) is 5.32 Å². The average Bonchev–Trinajstić information content (AvgIpc) is 2.41. The van der Waals surface area contributed by atoms with Gasteiger partial charge in [-0.15, -0.1) is 0 Å². The van der Waals surface area contributed by atoms with Crippen molar-refractivity contribution in [2.45, 2.75) is 13.8 Å². The normalized spacial score (nSPS) is 10.5. The highest BCUT2D eigenvalue weighted by atomic mass is 16.2. The van der Waals surface area contributed by atoms with Gasteiger partial charge in [-0.1, -0.05) is 17.2 Å². The zero-order valence-corrected chi connectivity index (χ0v) is 12.4. The van der Waals surface area contributed by atoms with Gasteiger partial charge in [-0.3, -0.25) is 18.7 Å². The molecule has 1 amide bonds. The van der Waals surface area contributed by atoms with Crippen LogP contribution < -0.4 is 16.6 Å². The fourth-order valence-electron chi connectivity index (χ4n) is 2.15. The minimum atomic E-state index is -0.488. The Kier molecular flexibility index (Phi) is 3.80. The molecule has 0 atom stereocenters. The summed E-state index contributed by atoms with van der Waals surface area (Å²) in [5.74, 6) is -0.183. The Balaban J connectivity index is 2.41. The zero-order valence-electron chi connectivity index (χ0n) is 12.4. The topological polar surface area (TPSA) is 73.1 Å². The Labute approximate surface area is 121 Å². The van der Waals surface area contributed by atoms with E-state index >= 15 is 0 Å². The SMILES string of the molecule is Cc1cc(C)cc(C(=O)Nc2cc(=O)n(C)c(=O)n2C)c1. The van der Waals surface area contributed by atoms with E-state index in [0.717, 1.165) is 15.7 Å². The van der Waals surface area contributed by atoms with Gasteiger partial charge in [0.1, 0.15) is 5.82 Å². The van der Waals surface area contributed by atoms with Gasteiger partial charge >= 0.3 is 5.69 Å². The molecule has 0 unspecified atom stereocenters. The summed E-state index contributed by atoms with van der Waals surface area (Å²) < 4.78 is 2.20. The van der Waals surface area contributed by atoms with Crippen molar-refractivity contribution in [3.8, 4) is 0 Å². The van der Waals surface area contributed by atoms with Crippen LogP contribution in [0.1, 0.15) is 21.5 Å². The summed E-state index contributed by atoms with van der Waals surface area (Å²) >= 11 is 0. The van der Waals surface area contributed by atoms with Crippen LogP contribution in [0.5, 0.6) is 0 Å². The van der Waals surface area contributed by atoms with E-state index in [4.69, 9.17) is 0 Å². The van der Waals surface area contributed by atoms with Gasteiger partial charge in [-0.05, 0) is 26.0 Å². The van der Waals surface area contributed by atoms with E-state index in [9.17, 15) is 14.4 Å². The molecule has 0 spiro atoms. The van der Waals surface area contributed by atoms with Gasteiger partial charge in [-0.2, -0.15) is 0 Å². The maximum atomic E-state index is 12.2. The summed E-state index contributed by atoms with van der Waals surface area (Å²) in [6.45, 7) is 3.80. The van der Waals surface area contributed by atoms with Gasteiger partial charge in [0.05, 0.1) is 0 Å². The van der Waals surface area contributed by atoms with Crippen molar-refractivity contribution >= 4 is 11.7 Å². The second-order valence-electron chi connectivity index (χ2n) is 5.10. The Hall–Kier alpha value is -2.63. The summed E-state index contributed by atoms with van der Waals surface area (Å²) in [5.41, 5.74) is 1.48. The first-order chi connectivity index (χ1) is 9.79. The monoisotopic (exact) mass is 287 g/mol. The number of anilines is 1. The molecule has 0 fully saturated rings. The summed E-state index contributed by atoms with van der Waals surface area (Å²) in [6.07, 6.45) is 0. The third-order valence-electron chi connectivity index (χ3n) is 3.25. The molecule has 0 aliphatic rings. The van der Waals surface area contributed by atoms with Crippen molar-refractivity contribution in [1.29, 1.82) is 0 Å². The van der Waals surface area contributed by atoms with E-state index in [0.29, 0.717) is 5.56 Å². The fraction of sp³-hybridized carbons (Fsp3) is 0.267.